The van der Waals surface area contributed by atoms with Crippen molar-refractivity contribution in [3.63, 3.8) is 0 Å². The van der Waals surface area contributed by atoms with Crippen molar-refractivity contribution < 1.29 is 4.74 Å². The molecule has 1 unspecified atom stereocenters. The number of hydrogen-bond donors (Lipinski definition) is 1. The standard InChI is InChI=1S/C9H14N2O2/c1-7(6-13-2)11-4-3-9(12)8(10)5-11/h3-5,7H,6,10H2,1-2H3. The molecular formula is C9H14N2O2. The summed E-state index contributed by atoms with van der Waals surface area (Å²) in [5.74, 6) is 0. The van der Waals surface area contributed by atoms with Crippen LogP contribution in [0, 0.1) is 0 Å². The molecule has 0 spiro atoms. The van der Waals surface area contributed by atoms with Crippen molar-refractivity contribution in [1.82, 2.24) is 4.57 Å². The Kier molecular flexibility index (Phi) is 3.08. The maximum Gasteiger partial charge on any atom is 0.204 e. The third-order valence-corrected chi connectivity index (χ3v) is 1.89. The largest absolute Gasteiger partial charge is 0.394 e. The van der Waals surface area contributed by atoms with Crippen molar-refractivity contribution in [1.29, 1.82) is 0 Å². The Morgan fingerprint density at radius 2 is 2.38 bits per heavy atom. The second-order valence-electron chi connectivity index (χ2n) is 3.02. The molecule has 72 valence electrons. The van der Waals surface area contributed by atoms with Crippen LogP contribution in [0.1, 0.15) is 13.0 Å². The van der Waals surface area contributed by atoms with Crippen LogP contribution in [0.15, 0.2) is 23.3 Å². The summed E-state index contributed by atoms with van der Waals surface area (Å²) in [6.45, 7) is 2.59. The first kappa shape index (κ1) is 9.80. The lowest BCUT2D eigenvalue weighted by atomic mass is 10.3. The number of hydrogen-bond acceptors (Lipinski definition) is 3. The van der Waals surface area contributed by atoms with Gasteiger partial charge in [-0.1, -0.05) is 0 Å². The number of nitrogens with zero attached hydrogens (tertiary/aromatic N) is 1. The average molecular weight is 182 g/mol. The lowest BCUT2D eigenvalue weighted by Crippen LogP contribution is -2.16. The third-order valence-electron chi connectivity index (χ3n) is 1.89. The topological polar surface area (TPSA) is 57.2 Å². The van der Waals surface area contributed by atoms with E-state index in [2.05, 4.69) is 0 Å². The van der Waals surface area contributed by atoms with Gasteiger partial charge in [-0.05, 0) is 6.92 Å². The number of nitrogens with two attached hydrogens (primary N) is 1. The SMILES string of the molecule is COCC(C)n1ccc(=O)c(N)c1. The van der Waals surface area contributed by atoms with Gasteiger partial charge in [0.1, 0.15) is 0 Å². The summed E-state index contributed by atoms with van der Waals surface area (Å²) >= 11 is 0. The second kappa shape index (κ2) is 4.09. The molecule has 0 aliphatic carbocycles. The van der Waals surface area contributed by atoms with Crippen molar-refractivity contribution >= 4 is 5.69 Å². The Labute approximate surface area is 76.9 Å². The van der Waals surface area contributed by atoms with Gasteiger partial charge in [0.05, 0.1) is 18.3 Å². The van der Waals surface area contributed by atoms with Crippen molar-refractivity contribution in [3.8, 4) is 0 Å². The molecule has 0 bridgehead atoms. The van der Waals surface area contributed by atoms with Crippen LogP contribution in [-0.4, -0.2) is 18.3 Å². The number of pyridine rings is 1. The molecular weight excluding hydrogens is 168 g/mol. The monoisotopic (exact) mass is 182 g/mol. The zero-order chi connectivity index (χ0) is 9.84. The first-order chi connectivity index (χ1) is 6.15. The quantitative estimate of drug-likeness (QED) is 0.746. The van der Waals surface area contributed by atoms with Gasteiger partial charge in [0, 0.05) is 25.6 Å². The number of nitrogen functional groups attached to an aromatic ring is 1. The van der Waals surface area contributed by atoms with Gasteiger partial charge >= 0.3 is 0 Å². The minimum atomic E-state index is -0.138. The van der Waals surface area contributed by atoms with E-state index in [1.54, 1.807) is 19.5 Å². The van der Waals surface area contributed by atoms with E-state index in [0.29, 0.717) is 6.61 Å². The van der Waals surface area contributed by atoms with E-state index in [1.807, 2.05) is 11.5 Å². The van der Waals surface area contributed by atoms with E-state index >= 15 is 0 Å². The molecule has 0 amide bonds. The number of rotatable bonds is 3. The summed E-state index contributed by atoms with van der Waals surface area (Å²) in [6.07, 6.45) is 3.34. The Balaban J connectivity index is 2.90. The van der Waals surface area contributed by atoms with Gasteiger partial charge in [-0.15, -0.1) is 0 Å². The van der Waals surface area contributed by atoms with E-state index in [9.17, 15) is 4.79 Å². The van der Waals surface area contributed by atoms with Gasteiger partial charge in [-0.25, -0.2) is 0 Å². The summed E-state index contributed by atoms with van der Waals surface area (Å²) in [7, 11) is 1.64. The molecule has 1 aromatic heterocycles. The van der Waals surface area contributed by atoms with E-state index in [-0.39, 0.29) is 17.2 Å². The second-order valence-corrected chi connectivity index (χ2v) is 3.02. The highest BCUT2D eigenvalue weighted by Gasteiger charge is 2.03. The van der Waals surface area contributed by atoms with Gasteiger partial charge in [0.25, 0.3) is 0 Å². The van der Waals surface area contributed by atoms with Crippen molar-refractivity contribution in [2.24, 2.45) is 0 Å². The predicted molar refractivity (Wildman–Crippen MR) is 51.7 cm³/mol. The summed E-state index contributed by atoms with van der Waals surface area (Å²) < 4.78 is 6.85. The molecule has 2 N–H and O–H groups in total. The third kappa shape index (κ3) is 2.32. The van der Waals surface area contributed by atoms with Crippen molar-refractivity contribution in [2.45, 2.75) is 13.0 Å². The van der Waals surface area contributed by atoms with Crippen LogP contribution < -0.4 is 11.2 Å². The zero-order valence-corrected chi connectivity index (χ0v) is 7.86. The normalized spacial score (nSPS) is 12.8. The average Bonchev–Trinajstić information content (AvgIpc) is 2.10. The van der Waals surface area contributed by atoms with Gasteiger partial charge in [0.15, 0.2) is 0 Å². The van der Waals surface area contributed by atoms with E-state index in [0.717, 1.165) is 0 Å². The molecule has 0 aliphatic heterocycles. The van der Waals surface area contributed by atoms with Gasteiger partial charge < -0.3 is 15.0 Å². The molecule has 0 radical (unpaired) electrons. The fourth-order valence-electron chi connectivity index (χ4n) is 1.12. The molecule has 1 heterocycles. The molecule has 1 rings (SSSR count). The number of methoxy groups -OCH3 is 1. The predicted octanol–water partition coefficient (Wildman–Crippen LogP) is 0.638. The molecule has 4 nitrogen and oxygen atoms in total. The Morgan fingerprint density at radius 3 is 2.92 bits per heavy atom. The van der Waals surface area contributed by atoms with Crippen molar-refractivity contribution in [3.05, 3.63) is 28.7 Å². The molecule has 1 aromatic rings. The smallest absolute Gasteiger partial charge is 0.204 e. The van der Waals surface area contributed by atoms with E-state index < -0.39 is 0 Å². The lowest BCUT2D eigenvalue weighted by molar-refractivity contribution is 0.162. The maximum atomic E-state index is 11.0. The van der Waals surface area contributed by atoms with Gasteiger partial charge in [0.2, 0.25) is 5.43 Å². The number of aromatic nitrogens is 1. The summed E-state index contributed by atoms with van der Waals surface area (Å²) in [5.41, 5.74) is 5.61. The summed E-state index contributed by atoms with van der Waals surface area (Å²) in [5, 5.41) is 0. The molecule has 0 saturated carbocycles. The van der Waals surface area contributed by atoms with Gasteiger partial charge in [-0.3, -0.25) is 4.79 Å². The number of ether oxygens (including phenoxy) is 1. The summed E-state index contributed by atoms with van der Waals surface area (Å²) in [6, 6.07) is 1.65. The minimum Gasteiger partial charge on any atom is -0.394 e. The molecule has 13 heavy (non-hydrogen) atoms. The fraction of sp³-hybridized carbons (Fsp3) is 0.444. The van der Waals surface area contributed by atoms with Crippen LogP contribution in [0.3, 0.4) is 0 Å². The van der Waals surface area contributed by atoms with Crippen LogP contribution in [0.4, 0.5) is 5.69 Å². The van der Waals surface area contributed by atoms with Gasteiger partial charge in [-0.2, -0.15) is 0 Å². The van der Waals surface area contributed by atoms with Crippen LogP contribution >= 0.6 is 0 Å². The molecule has 0 aromatic carbocycles. The van der Waals surface area contributed by atoms with Crippen LogP contribution in [-0.2, 0) is 4.74 Å². The number of anilines is 1. The zero-order valence-electron chi connectivity index (χ0n) is 7.86. The Bertz CT molecular complexity index is 333. The first-order valence-electron chi connectivity index (χ1n) is 4.11. The Hall–Kier alpha value is -1.29. The van der Waals surface area contributed by atoms with Crippen molar-refractivity contribution in [2.75, 3.05) is 19.5 Å². The summed E-state index contributed by atoms with van der Waals surface area (Å²) in [4.78, 5) is 11.0. The highest BCUT2D eigenvalue weighted by molar-refractivity contribution is 5.33. The maximum absolute atomic E-state index is 11.0. The highest BCUT2D eigenvalue weighted by Crippen LogP contribution is 2.05. The highest BCUT2D eigenvalue weighted by atomic mass is 16.5. The molecule has 0 saturated heterocycles. The van der Waals surface area contributed by atoms with E-state index in [1.165, 1.54) is 6.07 Å². The van der Waals surface area contributed by atoms with Crippen LogP contribution in [0.25, 0.3) is 0 Å². The minimum absolute atomic E-state index is 0.138. The molecule has 0 aliphatic rings. The lowest BCUT2D eigenvalue weighted by Gasteiger charge is -2.14. The molecule has 4 heteroatoms. The fourth-order valence-corrected chi connectivity index (χ4v) is 1.12. The first-order valence-corrected chi connectivity index (χ1v) is 4.11. The Morgan fingerprint density at radius 1 is 1.69 bits per heavy atom. The van der Waals surface area contributed by atoms with Crippen LogP contribution in [0.2, 0.25) is 0 Å². The molecule has 1 atom stereocenters. The molecule has 0 fully saturated rings. The van der Waals surface area contributed by atoms with Crippen LogP contribution in [0.5, 0.6) is 0 Å². The van der Waals surface area contributed by atoms with E-state index in [4.69, 9.17) is 10.5 Å².